The SMILES string of the molecule is CCOC(=O)c1ccc(C#N)c(Br)c1C(F)(F)F. The van der Waals surface area contributed by atoms with E-state index in [4.69, 9.17) is 5.26 Å². The molecule has 96 valence electrons. The zero-order chi connectivity index (χ0) is 13.9. The average Bonchev–Trinajstić information content (AvgIpc) is 2.27. The van der Waals surface area contributed by atoms with Crippen LogP contribution in [0.25, 0.3) is 0 Å². The molecule has 18 heavy (non-hydrogen) atoms. The summed E-state index contributed by atoms with van der Waals surface area (Å²) >= 11 is 2.70. The van der Waals surface area contributed by atoms with E-state index in [1.54, 1.807) is 6.07 Å². The van der Waals surface area contributed by atoms with Crippen molar-refractivity contribution in [1.29, 1.82) is 5.26 Å². The first-order valence-electron chi connectivity index (χ1n) is 4.79. The number of carbonyl (C=O) groups excluding carboxylic acids is 1. The molecule has 0 heterocycles. The van der Waals surface area contributed by atoms with Crippen LogP contribution in [0.4, 0.5) is 13.2 Å². The van der Waals surface area contributed by atoms with Gasteiger partial charge in [-0.3, -0.25) is 0 Å². The molecule has 7 heteroatoms. The predicted octanol–water partition coefficient (Wildman–Crippen LogP) is 3.52. The number of carbonyl (C=O) groups is 1. The number of ether oxygens (including phenoxy) is 1. The summed E-state index contributed by atoms with van der Waals surface area (Å²) in [5.74, 6) is -1.07. The van der Waals surface area contributed by atoms with Crippen LogP contribution in [0, 0.1) is 11.3 Å². The number of benzene rings is 1. The monoisotopic (exact) mass is 321 g/mol. The van der Waals surface area contributed by atoms with Gasteiger partial charge < -0.3 is 4.74 Å². The zero-order valence-electron chi connectivity index (χ0n) is 9.14. The first-order valence-corrected chi connectivity index (χ1v) is 5.59. The van der Waals surface area contributed by atoms with Gasteiger partial charge in [-0.25, -0.2) is 4.79 Å². The number of halogens is 4. The molecule has 0 radical (unpaired) electrons. The molecule has 0 aliphatic carbocycles. The maximum absolute atomic E-state index is 12.9. The van der Waals surface area contributed by atoms with E-state index >= 15 is 0 Å². The molecule has 0 fully saturated rings. The fourth-order valence-electron chi connectivity index (χ4n) is 1.32. The third kappa shape index (κ3) is 2.82. The topological polar surface area (TPSA) is 50.1 Å². The van der Waals surface area contributed by atoms with Crippen molar-refractivity contribution in [2.45, 2.75) is 13.1 Å². The van der Waals surface area contributed by atoms with Gasteiger partial charge in [0.05, 0.1) is 23.3 Å². The van der Waals surface area contributed by atoms with Crippen LogP contribution in [0.15, 0.2) is 16.6 Å². The van der Waals surface area contributed by atoms with Crippen LogP contribution >= 0.6 is 15.9 Å². The van der Waals surface area contributed by atoms with Gasteiger partial charge in [-0.05, 0) is 35.0 Å². The lowest BCUT2D eigenvalue weighted by molar-refractivity contribution is -0.138. The number of rotatable bonds is 2. The highest BCUT2D eigenvalue weighted by atomic mass is 79.9. The molecule has 0 bridgehead atoms. The van der Waals surface area contributed by atoms with Gasteiger partial charge in [0.25, 0.3) is 0 Å². The minimum atomic E-state index is -4.76. The number of nitrogens with zero attached hydrogens (tertiary/aromatic N) is 1. The molecule has 0 aliphatic rings. The minimum Gasteiger partial charge on any atom is -0.462 e. The molecule has 0 N–H and O–H groups in total. The summed E-state index contributed by atoms with van der Waals surface area (Å²) in [7, 11) is 0. The Morgan fingerprint density at radius 1 is 1.50 bits per heavy atom. The Balaban J connectivity index is 3.50. The molecule has 1 rings (SSSR count). The third-order valence-electron chi connectivity index (χ3n) is 2.04. The second kappa shape index (κ2) is 5.40. The average molecular weight is 322 g/mol. The molecule has 0 aliphatic heterocycles. The van der Waals surface area contributed by atoms with Crippen molar-refractivity contribution < 1.29 is 22.7 Å². The molecule has 0 spiro atoms. The zero-order valence-corrected chi connectivity index (χ0v) is 10.7. The van der Waals surface area contributed by atoms with Gasteiger partial charge in [0.1, 0.15) is 6.07 Å². The minimum absolute atomic E-state index is 0.0340. The fraction of sp³-hybridized carbons (Fsp3) is 0.273. The van der Waals surface area contributed by atoms with E-state index in [2.05, 4.69) is 20.7 Å². The molecule has 0 amide bonds. The molecule has 0 unspecified atom stereocenters. The van der Waals surface area contributed by atoms with Gasteiger partial charge >= 0.3 is 12.1 Å². The summed E-state index contributed by atoms with van der Waals surface area (Å²) in [6.07, 6.45) is -4.76. The van der Waals surface area contributed by atoms with Crippen LogP contribution in [0.3, 0.4) is 0 Å². The Bertz CT molecular complexity index is 520. The largest absolute Gasteiger partial charge is 0.462 e. The van der Waals surface area contributed by atoms with Gasteiger partial charge in [0.2, 0.25) is 0 Å². The first-order chi connectivity index (χ1) is 8.32. The van der Waals surface area contributed by atoms with Crippen LogP contribution in [0.1, 0.15) is 28.4 Å². The molecule has 0 aromatic heterocycles. The lowest BCUT2D eigenvalue weighted by atomic mass is 10.0. The van der Waals surface area contributed by atoms with Crippen LogP contribution in [0.2, 0.25) is 0 Å². The van der Waals surface area contributed by atoms with Crippen LogP contribution in [-0.2, 0) is 10.9 Å². The third-order valence-corrected chi connectivity index (χ3v) is 2.86. The normalized spacial score (nSPS) is 10.9. The summed E-state index contributed by atoms with van der Waals surface area (Å²) in [6.45, 7) is 1.46. The Morgan fingerprint density at radius 3 is 2.56 bits per heavy atom. The summed E-state index contributed by atoms with van der Waals surface area (Å²) in [5.41, 5.74) is -2.01. The number of hydrogen-bond acceptors (Lipinski definition) is 3. The van der Waals surface area contributed by atoms with Gasteiger partial charge in [0, 0.05) is 4.47 Å². The van der Waals surface area contributed by atoms with Crippen molar-refractivity contribution in [3.05, 3.63) is 33.3 Å². The predicted molar refractivity (Wildman–Crippen MR) is 59.8 cm³/mol. The molecular weight excluding hydrogens is 315 g/mol. The fourth-order valence-corrected chi connectivity index (χ4v) is 1.98. The van der Waals surface area contributed by atoms with E-state index in [9.17, 15) is 18.0 Å². The number of nitriles is 1. The molecule has 0 atom stereocenters. The smallest absolute Gasteiger partial charge is 0.418 e. The van der Waals surface area contributed by atoms with Crippen molar-refractivity contribution in [2.75, 3.05) is 6.61 Å². The maximum atomic E-state index is 12.9. The molecule has 1 aromatic carbocycles. The summed E-state index contributed by atoms with van der Waals surface area (Å²) in [6, 6.07) is 3.67. The Labute approximate surface area is 109 Å². The van der Waals surface area contributed by atoms with E-state index in [1.807, 2.05) is 0 Å². The van der Waals surface area contributed by atoms with Crippen LogP contribution in [-0.4, -0.2) is 12.6 Å². The highest BCUT2D eigenvalue weighted by Gasteiger charge is 2.39. The van der Waals surface area contributed by atoms with E-state index in [1.165, 1.54) is 6.92 Å². The Hall–Kier alpha value is -1.55. The van der Waals surface area contributed by atoms with Gasteiger partial charge in [-0.1, -0.05) is 0 Å². The van der Waals surface area contributed by atoms with E-state index in [0.717, 1.165) is 12.1 Å². The van der Waals surface area contributed by atoms with Crippen molar-refractivity contribution in [3.63, 3.8) is 0 Å². The van der Waals surface area contributed by atoms with Crippen molar-refractivity contribution in [3.8, 4) is 6.07 Å². The summed E-state index contributed by atoms with van der Waals surface area (Å²) in [4.78, 5) is 11.4. The lowest BCUT2D eigenvalue weighted by Gasteiger charge is -2.14. The number of esters is 1. The van der Waals surface area contributed by atoms with Gasteiger partial charge in [0.15, 0.2) is 0 Å². The maximum Gasteiger partial charge on any atom is 0.418 e. The quantitative estimate of drug-likeness (QED) is 0.783. The second-order valence-corrected chi connectivity index (χ2v) is 3.97. The van der Waals surface area contributed by atoms with Crippen LogP contribution in [0.5, 0.6) is 0 Å². The van der Waals surface area contributed by atoms with Gasteiger partial charge in [-0.15, -0.1) is 0 Å². The lowest BCUT2D eigenvalue weighted by Crippen LogP contribution is -2.16. The molecule has 0 saturated carbocycles. The van der Waals surface area contributed by atoms with E-state index in [-0.39, 0.29) is 12.2 Å². The first kappa shape index (κ1) is 14.5. The van der Waals surface area contributed by atoms with Crippen molar-refractivity contribution in [1.82, 2.24) is 0 Å². The Kier molecular flexibility index (Phi) is 4.35. The van der Waals surface area contributed by atoms with E-state index < -0.39 is 27.7 Å². The molecule has 1 aromatic rings. The second-order valence-electron chi connectivity index (χ2n) is 3.18. The van der Waals surface area contributed by atoms with Crippen molar-refractivity contribution >= 4 is 21.9 Å². The molecule has 0 saturated heterocycles. The van der Waals surface area contributed by atoms with Gasteiger partial charge in [-0.2, -0.15) is 18.4 Å². The number of alkyl halides is 3. The highest BCUT2D eigenvalue weighted by molar-refractivity contribution is 9.10. The highest BCUT2D eigenvalue weighted by Crippen LogP contribution is 2.39. The summed E-state index contributed by atoms with van der Waals surface area (Å²) in [5, 5.41) is 8.68. The Morgan fingerprint density at radius 2 is 2.11 bits per heavy atom. The number of hydrogen-bond donors (Lipinski definition) is 0. The van der Waals surface area contributed by atoms with Crippen molar-refractivity contribution in [2.24, 2.45) is 0 Å². The van der Waals surface area contributed by atoms with E-state index in [0.29, 0.717) is 0 Å². The van der Waals surface area contributed by atoms with Crippen LogP contribution < -0.4 is 0 Å². The standard InChI is InChI=1S/C11H7BrF3NO2/c1-2-18-10(17)7-4-3-6(5-16)9(12)8(7)11(13,14)15/h3-4H,2H2,1H3. The molecule has 3 nitrogen and oxygen atoms in total. The summed E-state index contributed by atoms with van der Waals surface area (Å²) < 4.78 is 42.7. The molecular formula is C11H7BrF3NO2.